The van der Waals surface area contributed by atoms with Crippen molar-refractivity contribution < 1.29 is 22.7 Å². The molecule has 0 bridgehead atoms. The van der Waals surface area contributed by atoms with Crippen molar-refractivity contribution in [1.82, 2.24) is 4.31 Å². The number of carbonyl (C=O) groups is 1. The Hall–Kier alpha value is -1.80. The topological polar surface area (TPSA) is 84.9 Å². The summed E-state index contributed by atoms with van der Waals surface area (Å²) in [5, 5.41) is 2.72. The maximum Gasteiger partial charge on any atom is 0.225 e. The van der Waals surface area contributed by atoms with E-state index in [0.29, 0.717) is 17.2 Å². The fourth-order valence-electron chi connectivity index (χ4n) is 2.14. The third-order valence-corrected chi connectivity index (χ3v) is 4.70. The van der Waals surface area contributed by atoms with Crippen molar-refractivity contribution >= 4 is 21.6 Å². The van der Waals surface area contributed by atoms with Crippen molar-refractivity contribution in [1.29, 1.82) is 0 Å². The van der Waals surface area contributed by atoms with Crippen LogP contribution in [0, 0.1) is 0 Å². The second kappa shape index (κ2) is 8.16. The minimum Gasteiger partial charge on any atom is -0.497 e. The standard InChI is InChI=1S/C15H24N2O5S/c1-11(2)17(23(5,19)20)9-8-15(18)16-13-10-12(21-3)6-7-14(13)22-4/h6-7,10-11H,8-9H2,1-5H3,(H,16,18). The number of hydrogen-bond acceptors (Lipinski definition) is 5. The zero-order valence-electron chi connectivity index (χ0n) is 14.1. The Bertz CT molecular complexity index is 643. The predicted molar refractivity (Wildman–Crippen MR) is 89.5 cm³/mol. The fraction of sp³-hybridized carbons (Fsp3) is 0.533. The summed E-state index contributed by atoms with van der Waals surface area (Å²) in [6, 6.07) is 4.85. The molecule has 0 fully saturated rings. The largest absolute Gasteiger partial charge is 0.497 e. The number of ether oxygens (including phenoxy) is 2. The van der Waals surface area contributed by atoms with Gasteiger partial charge in [0.25, 0.3) is 0 Å². The third kappa shape index (κ3) is 5.72. The van der Waals surface area contributed by atoms with E-state index in [-0.39, 0.29) is 24.9 Å². The molecule has 0 aliphatic heterocycles. The van der Waals surface area contributed by atoms with Gasteiger partial charge in [0.15, 0.2) is 0 Å². The normalized spacial score (nSPS) is 11.6. The summed E-state index contributed by atoms with van der Waals surface area (Å²) in [5.41, 5.74) is 0.479. The van der Waals surface area contributed by atoms with E-state index < -0.39 is 10.0 Å². The van der Waals surface area contributed by atoms with E-state index in [1.54, 1.807) is 32.0 Å². The predicted octanol–water partition coefficient (Wildman–Crippen LogP) is 1.70. The van der Waals surface area contributed by atoms with Crippen LogP contribution in [-0.4, -0.2) is 51.7 Å². The maximum atomic E-state index is 12.1. The van der Waals surface area contributed by atoms with Gasteiger partial charge in [0.1, 0.15) is 11.5 Å². The molecule has 0 unspecified atom stereocenters. The van der Waals surface area contributed by atoms with Gasteiger partial charge in [-0.1, -0.05) is 0 Å². The van der Waals surface area contributed by atoms with Crippen LogP contribution in [0.3, 0.4) is 0 Å². The Balaban J connectivity index is 2.77. The fourth-order valence-corrected chi connectivity index (χ4v) is 3.33. The van der Waals surface area contributed by atoms with Gasteiger partial charge in [-0.05, 0) is 26.0 Å². The van der Waals surface area contributed by atoms with Crippen molar-refractivity contribution in [2.75, 3.05) is 32.3 Å². The molecule has 0 heterocycles. The molecule has 0 spiro atoms. The molecule has 0 saturated heterocycles. The number of benzene rings is 1. The Labute approximate surface area is 137 Å². The average Bonchev–Trinajstić information content (AvgIpc) is 2.45. The first-order valence-electron chi connectivity index (χ1n) is 7.17. The van der Waals surface area contributed by atoms with Crippen molar-refractivity contribution in [2.45, 2.75) is 26.3 Å². The highest BCUT2D eigenvalue weighted by atomic mass is 32.2. The van der Waals surface area contributed by atoms with Crippen molar-refractivity contribution in [2.24, 2.45) is 0 Å². The molecular weight excluding hydrogens is 320 g/mol. The number of hydrogen-bond donors (Lipinski definition) is 1. The van der Waals surface area contributed by atoms with E-state index in [0.717, 1.165) is 6.26 Å². The number of carbonyl (C=O) groups excluding carboxylic acids is 1. The van der Waals surface area contributed by atoms with Crippen molar-refractivity contribution in [3.05, 3.63) is 18.2 Å². The Morgan fingerprint density at radius 1 is 1.26 bits per heavy atom. The van der Waals surface area contributed by atoms with E-state index in [4.69, 9.17) is 9.47 Å². The smallest absolute Gasteiger partial charge is 0.225 e. The van der Waals surface area contributed by atoms with Gasteiger partial charge in [0.2, 0.25) is 15.9 Å². The zero-order valence-corrected chi connectivity index (χ0v) is 14.9. The molecule has 1 aromatic carbocycles. The second-order valence-electron chi connectivity index (χ2n) is 5.33. The first-order chi connectivity index (χ1) is 10.7. The third-order valence-electron chi connectivity index (χ3n) is 3.24. The highest BCUT2D eigenvalue weighted by molar-refractivity contribution is 7.88. The Kier molecular flexibility index (Phi) is 6.83. The first-order valence-corrected chi connectivity index (χ1v) is 9.02. The van der Waals surface area contributed by atoms with Gasteiger partial charge in [-0.25, -0.2) is 8.42 Å². The Morgan fingerprint density at radius 3 is 2.39 bits per heavy atom. The van der Waals surface area contributed by atoms with Crippen LogP contribution in [-0.2, 0) is 14.8 Å². The second-order valence-corrected chi connectivity index (χ2v) is 7.27. The molecule has 7 nitrogen and oxygen atoms in total. The van der Waals surface area contributed by atoms with Crippen LogP contribution in [0.5, 0.6) is 11.5 Å². The maximum absolute atomic E-state index is 12.1. The zero-order chi connectivity index (χ0) is 17.6. The van der Waals surface area contributed by atoms with Crippen LogP contribution in [0.15, 0.2) is 18.2 Å². The lowest BCUT2D eigenvalue weighted by atomic mass is 10.2. The lowest BCUT2D eigenvalue weighted by molar-refractivity contribution is -0.116. The number of methoxy groups -OCH3 is 2. The molecule has 0 aliphatic carbocycles. The highest BCUT2D eigenvalue weighted by Gasteiger charge is 2.21. The van der Waals surface area contributed by atoms with Gasteiger partial charge in [0, 0.05) is 25.1 Å². The van der Waals surface area contributed by atoms with Crippen LogP contribution >= 0.6 is 0 Å². The molecule has 0 radical (unpaired) electrons. The number of nitrogens with one attached hydrogen (secondary N) is 1. The molecular formula is C15H24N2O5S. The lowest BCUT2D eigenvalue weighted by Gasteiger charge is -2.23. The first kappa shape index (κ1) is 19.2. The summed E-state index contributed by atoms with van der Waals surface area (Å²) < 4.78 is 35.0. The van der Waals surface area contributed by atoms with E-state index in [1.165, 1.54) is 18.5 Å². The van der Waals surface area contributed by atoms with E-state index >= 15 is 0 Å². The van der Waals surface area contributed by atoms with Crippen LogP contribution in [0.25, 0.3) is 0 Å². The summed E-state index contributed by atoms with van der Waals surface area (Å²) in [6.07, 6.45) is 1.18. The molecule has 23 heavy (non-hydrogen) atoms. The van der Waals surface area contributed by atoms with Crippen LogP contribution in [0.1, 0.15) is 20.3 Å². The summed E-state index contributed by atoms with van der Waals surface area (Å²) in [6.45, 7) is 3.66. The van der Waals surface area contributed by atoms with Gasteiger partial charge in [0.05, 0.1) is 26.2 Å². The molecule has 1 aromatic rings. The Morgan fingerprint density at radius 2 is 1.91 bits per heavy atom. The molecule has 0 aromatic heterocycles. The van der Waals surface area contributed by atoms with Gasteiger partial charge in [-0.2, -0.15) is 4.31 Å². The summed E-state index contributed by atoms with van der Waals surface area (Å²) in [7, 11) is -0.318. The van der Waals surface area contributed by atoms with Gasteiger partial charge < -0.3 is 14.8 Å². The monoisotopic (exact) mass is 344 g/mol. The summed E-state index contributed by atoms with van der Waals surface area (Å²) >= 11 is 0. The minimum atomic E-state index is -3.35. The molecule has 8 heteroatoms. The van der Waals surface area contributed by atoms with E-state index in [9.17, 15) is 13.2 Å². The van der Waals surface area contributed by atoms with Crippen molar-refractivity contribution in [3.63, 3.8) is 0 Å². The molecule has 0 saturated carbocycles. The van der Waals surface area contributed by atoms with Gasteiger partial charge in [-0.3, -0.25) is 4.79 Å². The lowest BCUT2D eigenvalue weighted by Crippen LogP contribution is -2.38. The summed E-state index contributed by atoms with van der Waals surface area (Å²) in [4.78, 5) is 12.1. The number of sulfonamides is 1. The van der Waals surface area contributed by atoms with Crippen LogP contribution in [0.2, 0.25) is 0 Å². The number of amides is 1. The quantitative estimate of drug-likeness (QED) is 0.776. The van der Waals surface area contributed by atoms with Crippen LogP contribution < -0.4 is 14.8 Å². The summed E-state index contributed by atoms with van der Waals surface area (Å²) in [5.74, 6) is 0.787. The molecule has 1 amide bonds. The number of rotatable bonds is 8. The van der Waals surface area contributed by atoms with E-state index in [2.05, 4.69) is 5.32 Å². The highest BCUT2D eigenvalue weighted by Crippen LogP contribution is 2.28. The van der Waals surface area contributed by atoms with Gasteiger partial charge >= 0.3 is 0 Å². The SMILES string of the molecule is COc1ccc(OC)c(NC(=O)CCN(C(C)C)S(C)(=O)=O)c1. The number of anilines is 1. The minimum absolute atomic E-state index is 0.0472. The van der Waals surface area contributed by atoms with Crippen LogP contribution in [0.4, 0.5) is 5.69 Å². The van der Waals surface area contributed by atoms with Gasteiger partial charge in [-0.15, -0.1) is 0 Å². The average molecular weight is 344 g/mol. The van der Waals surface area contributed by atoms with E-state index in [1.807, 2.05) is 0 Å². The molecule has 1 N–H and O–H groups in total. The van der Waals surface area contributed by atoms with Crippen molar-refractivity contribution in [3.8, 4) is 11.5 Å². The molecule has 130 valence electrons. The molecule has 1 rings (SSSR count). The molecule has 0 atom stereocenters. The molecule has 0 aliphatic rings. The number of nitrogens with zero attached hydrogens (tertiary/aromatic N) is 1.